The lowest BCUT2D eigenvalue weighted by molar-refractivity contribution is 0.876. The van der Waals surface area contributed by atoms with Crippen LogP contribution in [0.2, 0.25) is 0 Å². The summed E-state index contributed by atoms with van der Waals surface area (Å²) in [5, 5.41) is 15.6. The lowest BCUT2D eigenvalue weighted by Crippen LogP contribution is -2.13. The summed E-state index contributed by atoms with van der Waals surface area (Å²) in [6.07, 6.45) is 0. The number of aryl methyl sites for hydroxylation is 1. The van der Waals surface area contributed by atoms with E-state index in [1.165, 1.54) is 15.0 Å². The van der Waals surface area contributed by atoms with Gasteiger partial charge in [0.05, 0.1) is 6.54 Å². The molecule has 0 unspecified atom stereocenters. The van der Waals surface area contributed by atoms with Crippen molar-refractivity contribution in [3.63, 3.8) is 0 Å². The van der Waals surface area contributed by atoms with Crippen LogP contribution in [0.1, 0.15) is 10.4 Å². The highest BCUT2D eigenvalue weighted by Gasteiger charge is 2.04. The van der Waals surface area contributed by atoms with Gasteiger partial charge < -0.3 is 5.32 Å². The minimum absolute atomic E-state index is 0.332. The van der Waals surface area contributed by atoms with Crippen molar-refractivity contribution in [2.24, 2.45) is 0 Å². The molecule has 0 spiro atoms. The third kappa shape index (κ3) is 1.88. The topological polar surface area (TPSA) is 75.1 Å². The Bertz CT molecular complexity index is 741. The Morgan fingerprint density at radius 2 is 2.33 bits per heavy atom. The number of nitrogens with one attached hydrogen (secondary N) is 2. The predicted octanol–water partition coefficient (Wildman–Crippen LogP) is 1.40. The van der Waals surface area contributed by atoms with Crippen LogP contribution >= 0.6 is 11.3 Å². The van der Waals surface area contributed by atoms with Gasteiger partial charge in [-0.3, -0.25) is 0 Å². The van der Waals surface area contributed by atoms with Crippen LogP contribution in [0.25, 0.3) is 5.65 Å². The number of aromatic nitrogens is 4. The van der Waals surface area contributed by atoms with Crippen molar-refractivity contribution in [2.75, 3.05) is 5.32 Å². The zero-order valence-corrected chi connectivity index (χ0v) is 10.5. The summed E-state index contributed by atoms with van der Waals surface area (Å²) in [7, 11) is 0. The fraction of sp³-hybridized carbons (Fsp3) is 0.182. The largest absolute Gasteiger partial charge is 0.364 e. The molecule has 6 nitrogen and oxygen atoms in total. The Hall–Kier alpha value is -2.15. The van der Waals surface area contributed by atoms with Crippen molar-refractivity contribution in [1.82, 2.24) is 19.8 Å². The normalized spacial score (nSPS) is 10.9. The lowest BCUT2D eigenvalue weighted by atomic mass is 10.3. The first-order valence-corrected chi connectivity index (χ1v) is 6.33. The molecule has 3 aromatic heterocycles. The molecule has 0 radical (unpaired) electrons. The van der Waals surface area contributed by atoms with E-state index in [1.54, 1.807) is 23.5 Å². The Balaban J connectivity index is 1.84. The van der Waals surface area contributed by atoms with Gasteiger partial charge in [-0.25, -0.2) is 9.89 Å². The third-order valence-electron chi connectivity index (χ3n) is 2.67. The Kier molecular flexibility index (Phi) is 2.60. The molecule has 0 aromatic carbocycles. The van der Waals surface area contributed by atoms with Gasteiger partial charge in [-0.2, -0.15) is 9.61 Å². The average Bonchev–Trinajstić information content (AvgIpc) is 2.94. The molecule has 2 N–H and O–H groups in total. The number of hydrogen-bond donors (Lipinski definition) is 2. The molecule has 7 heteroatoms. The van der Waals surface area contributed by atoms with Gasteiger partial charge in [-0.15, -0.1) is 16.4 Å². The zero-order chi connectivity index (χ0) is 12.5. The molecule has 0 aliphatic carbocycles. The molecular formula is C11H11N5OS. The van der Waals surface area contributed by atoms with Gasteiger partial charge in [0, 0.05) is 4.88 Å². The van der Waals surface area contributed by atoms with E-state index < -0.39 is 0 Å². The monoisotopic (exact) mass is 261 g/mol. The molecule has 92 valence electrons. The summed E-state index contributed by atoms with van der Waals surface area (Å²) < 4.78 is 1.24. The summed E-state index contributed by atoms with van der Waals surface area (Å²) in [4.78, 5) is 12.6. The second-order valence-corrected chi connectivity index (χ2v) is 4.90. The summed E-state index contributed by atoms with van der Waals surface area (Å²) in [5.74, 6) is 0.652. The van der Waals surface area contributed by atoms with E-state index in [1.807, 2.05) is 0 Å². The molecule has 3 heterocycles. The minimum atomic E-state index is -0.332. The van der Waals surface area contributed by atoms with Gasteiger partial charge in [-0.1, -0.05) is 0 Å². The number of nitrogens with zero attached hydrogens (tertiary/aromatic N) is 3. The molecular weight excluding hydrogens is 250 g/mol. The molecule has 0 atom stereocenters. The number of rotatable bonds is 3. The third-order valence-corrected chi connectivity index (χ3v) is 3.69. The van der Waals surface area contributed by atoms with Gasteiger partial charge in [0.15, 0.2) is 5.65 Å². The first kappa shape index (κ1) is 11.0. The maximum absolute atomic E-state index is 11.4. The van der Waals surface area contributed by atoms with Gasteiger partial charge in [0.25, 0.3) is 0 Å². The number of aromatic amines is 1. The van der Waals surface area contributed by atoms with Gasteiger partial charge in [-0.05, 0) is 36.1 Å². The zero-order valence-electron chi connectivity index (χ0n) is 9.67. The van der Waals surface area contributed by atoms with Crippen LogP contribution in [0.15, 0.2) is 28.4 Å². The highest BCUT2D eigenvalue weighted by molar-refractivity contribution is 7.10. The molecule has 0 bridgehead atoms. The molecule has 18 heavy (non-hydrogen) atoms. The molecule has 0 fully saturated rings. The molecule has 0 amide bonds. The van der Waals surface area contributed by atoms with Crippen LogP contribution in [0.5, 0.6) is 0 Å². The van der Waals surface area contributed by atoms with Crippen molar-refractivity contribution in [3.8, 4) is 0 Å². The van der Waals surface area contributed by atoms with Crippen molar-refractivity contribution < 1.29 is 0 Å². The Labute approximate surface area is 106 Å². The maximum Gasteiger partial charge on any atom is 0.364 e. The average molecular weight is 261 g/mol. The fourth-order valence-electron chi connectivity index (χ4n) is 1.65. The molecule has 3 aromatic rings. The summed E-state index contributed by atoms with van der Waals surface area (Å²) in [6.45, 7) is 2.78. The lowest BCUT2D eigenvalue weighted by Gasteiger charge is -2.04. The van der Waals surface area contributed by atoms with Crippen molar-refractivity contribution in [1.29, 1.82) is 0 Å². The fourth-order valence-corrected chi connectivity index (χ4v) is 2.50. The first-order chi connectivity index (χ1) is 8.74. The highest BCUT2D eigenvalue weighted by Crippen LogP contribution is 2.16. The number of thiophene rings is 1. The van der Waals surface area contributed by atoms with Crippen molar-refractivity contribution in [3.05, 3.63) is 44.5 Å². The van der Waals surface area contributed by atoms with Crippen LogP contribution < -0.4 is 11.0 Å². The van der Waals surface area contributed by atoms with Crippen molar-refractivity contribution >= 4 is 22.8 Å². The van der Waals surface area contributed by atoms with Gasteiger partial charge >= 0.3 is 5.69 Å². The number of anilines is 1. The molecule has 0 saturated carbocycles. The van der Waals surface area contributed by atoms with E-state index in [9.17, 15) is 4.79 Å². The predicted molar refractivity (Wildman–Crippen MR) is 70.0 cm³/mol. The summed E-state index contributed by atoms with van der Waals surface area (Å²) in [6, 6.07) is 5.63. The number of H-pyrrole nitrogens is 1. The van der Waals surface area contributed by atoms with E-state index >= 15 is 0 Å². The SMILES string of the molecule is Cc1ccsc1CNc1ccc2n[nH]c(=O)n2n1. The smallest absolute Gasteiger partial charge is 0.364 e. The molecule has 0 aliphatic rings. The van der Waals surface area contributed by atoms with E-state index in [0.717, 1.165) is 0 Å². The highest BCUT2D eigenvalue weighted by atomic mass is 32.1. The summed E-state index contributed by atoms with van der Waals surface area (Å²) in [5.41, 5.74) is 1.44. The Morgan fingerprint density at radius 3 is 3.11 bits per heavy atom. The van der Waals surface area contributed by atoms with E-state index in [2.05, 4.69) is 39.0 Å². The van der Waals surface area contributed by atoms with Gasteiger partial charge in [0.2, 0.25) is 0 Å². The maximum atomic E-state index is 11.4. The van der Waals surface area contributed by atoms with E-state index in [4.69, 9.17) is 0 Å². The van der Waals surface area contributed by atoms with Crippen LogP contribution in [0.3, 0.4) is 0 Å². The van der Waals surface area contributed by atoms with Crippen LogP contribution in [-0.2, 0) is 6.54 Å². The first-order valence-electron chi connectivity index (χ1n) is 5.45. The Morgan fingerprint density at radius 1 is 1.44 bits per heavy atom. The van der Waals surface area contributed by atoms with Crippen LogP contribution in [0.4, 0.5) is 5.82 Å². The number of fused-ring (bicyclic) bond motifs is 1. The van der Waals surface area contributed by atoms with Crippen LogP contribution in [-0.4, -0.2) is 19.8 Å². The number of hydrogen-bond acceptors (Lipinski definition) is 5. The quantitative estimate of drug-likeness (QED) is 0.747. The molecule has 3 rings (SSSR count). The van der Waals surface area contributed by atoms with Crippen molar-refractivity contribution in [2.45, 2.75) is 13.5 Å². The minimum Gasteiger partial charge on any atom is -0.364 e. The molecule has 0 saturated heterocycles. The second kappa shape index (κ2) is 4.26. The summed E-state index contributed by atoms with van der Waals surface area (Å²) >= 11 is 1.70. The van der Waals surface area contributed by atoms with E-state index in [0.29, 0.717) is 18.0 Å². The standard InChI is InChI=1S/C11H11N5OS/c1-7-4-5-18-8(7)6-12-9-2-3-10-13-14-11(17)16(10)15-9/h2-5H,6H2,1H3,(H,12,15)(H,14,17). The van der Waals surface area contributed by atoms with Gasteiger partial charge in [0.1, 0.15) is 5.82 Å². The second-order valence-electron chi connectivity index (χ2n) is 3.90. The van der Waals surface area contributed by atoms with E-state index in [-0.39, 0.29) is 5.69 Å². The van der Waals surface area contributed by atoms with Crippen LogP contribution in [0, 0.1) is 6.92 Å². The molecule has 0 aliphatic heterocycles.